The van der Waals surface area contributed by atoms with E-state index < -0.39 is 0 Å². The lowest BCUT2D eigenvalue weighted by atomic mass is 10.0. The highest BCUT2D eigenvalue weighted by molar-refractivity contribution is 7.11. The van der Waals surface area contributed by atoms with E-state index in [0.717, 1.165) is 12.6 Å². The fourth-order valence-electron chi connectivity index (χ4n) is 3.22. The van der Waals surface area contributed by atoms with Crippen LogP contribution in [-0.4, -0.2) is 47.0 Å². The topological polar surface area (TPSA) is 19.4 Å². The number of piperidine rings is 1. The molecule has 2 saturated heterocycles. The van der Waals surface area contributed by atoms with Gasteiger partial charge in [0.1, 0.15) is 5.01 Å². The summed E-state index contributed by atoms with van der Waals surface area (Å²) < 4.78 is 0. The molecule has 0 aliphatic carbocycles. The number of hydrogen-bond donors (Lipinski definition) is 0. The Bertz CT molecular complexity index is 376. The van der Waals surface area contributed by atoms with E-state index in [1.54, 1.807) is 0 Å². The van der Waals surface area contributed by atoms with Gasteiger partial charge in [0.25, 0.3) is 0 Å². The summed E-state index contributed by atoms with van der Waals surface area (Å²) in [6, 6.07) is 0.863. The van der Waals surface area contributed by atoms with Crippen molar-refractivity contribution in [1.82, 2.24) is 14.8 Å². The number of nitrogens with zero attached hydrogens (tertiary/aromatic N) is 3. The molecule has 0 spiro atoms. The van der Waals surface area contributed by atoms with E-state index in [-0.39, 0.29) is 0 Å². The second-order valence-electron chi connectivity index (χ2n) is 5.62. The first-order valence-electron chi connectivity index (χ1n) is 7.19. The van der Waals surface area contributed by atoms with Gasteiger partial charge >= 0.3 is 0 Å². The van der Waals surface area contributed by atoms with Crippen LogP contribution in [0, 0.1) is 6.92 Å². The maximum Gasteiger partial charge on any atom is 0.107 e. The highest BCUT2D eigenvalue weighted by Crippen LogP contribution is 2.22. The Morgan fingerprint density at radius 1 is 1.22 bits per heavy atom. The molecule has 3 heterocycles. The molecular weight excluding hydrogens is 242 g/mol. The van der Waals surface area contributed by atoms with Crippen LogP contribution in [0.3, 0.4) is 0 Å². The van der Waals surface area contributed by atoms with Crippen molar-refractivity contribution in [3.05, 3.63) is 16.1 Å². The summed E-state index contributed by atoms with van der Waals surface area (Å²) >= 11 is 1.84. The second kappa shape index (κ2) is 5.68. The molecule has 0 aromatic carbocycles. The monoisotopic (exact) mass is 265 g/mol. The molecule has 0 saturated carbocycles. The van der Waals surface area contributed by atoms with Crippen LogP contribution in [0.1, 0.15) is 35.6 Å². The SMILES string of the molecule is Cc1cnc(CN2CCC(N3CCCC3)CC2)s1. The van der Waals surface area contributed by atoms with Gasteiger partial charge in [-0.05, 0) is 45.7 Å². The van der Waals surface area contributed by atoms with Gasteiger partial charge in [-0.15, -0.1) is 11.3 Å². The van der Waals surface area contributed by atoms with Gasteiger partial charge < -0.3 is 4.90 Å². The molecule has 1 aromatic heterocycles. The van der Waals surface area contributed by atoms with Crippen LogP contribution in [0.2, 0.25) is 0 Å². The normalized spacial score (nSPS) is 23.8. The van der Waals surface area contributed by atoms with E-state index in [4.69, 9.17) is 0 Å². The van der Waals surface area contributed by atoms with Gasteiger partial charge in [0, 0.05) is 30.2 Å². The van der Waals surface area contributed by atoms with Crippen molar-refractivity contribution in [2.75, 3.05) is 26.2 Å². The highest BCUT2D eigenvalue weighted by atomic mass is 32.1. The molecule has 3 rings (SSSR count). The zero-order chi connectivity index (χ0) is 12.4. The summed E-state index contributed by atoms with van der Waals surface area (Å²) in [5.41, 5.74) is 0. The molecule has 0 radical (unpaired) electrons. The minimum Gasteiger partial charge on any atom is -0.300 e. The predicted molar refractivity (Wildman–Crippen MR) is 76.0 cm³/mol. The largest absolute Gasteiger partial charge is 0.300 e. The third kappa shape index (κ3) is 2.92. The number of thiazole rings is 1. The lowest BCUT2D eigenvalue weighted by Gasteiger charge is -2.36. The molecule has 100 valence electrons. The van der Waals surface area contributed by atoms with Crippen molar-refractivity contribution in [3.63, 3.8) is 0 Å². The van der Waals surface area contributed by atoms with E-state index in [0.29, 0.717) is 0 Å². The minimum absolute atomic E-state index is 0.863. The van der Waals surface area contributed by atoms with E-state index in [2.05, 4.69) is 21.7 Å². The van der Waals surface area contributed by atoms with Gasteiger partial charge in [0.05, 0.1) is 6.54 Å². The summed E-state index contributed by atoms with van der Waals surface area (Å²) in [6.07, 6.45) is 7.53. The first kappa shape index (κ1) is 12.6. The van der Waals surface area contributed by atoms with Crippen LogP contribution in [0.15, 0.2) is 6.20 Å². The maximum absolute atomic E-state index is 4.47. The fraction of sp³-hybridized carbons (Fsp3) is 0.786. The molecule has 2 aliphatic heterocycles. The summed E-state index contributed by atoms with van der Waals surface area (Å²) in [5.74, 6) is 0. The Morgan fingerprint density at radius 2 is 1.94 bits per heavy atom. The van der Waals surface area contributed by atoms with Crippen molar-refractivity contribution in [1.29, 1.82) is 0 Å². The number of likely N-dealkylation sites (tertiary alicyclic amines) is 2. The number of rotatable bonds is 3. The molecule has 3 nitrogen and oxygen atoms in total. The Morgan fingerprint density at radius 3 is 2.56 bits per heavy atom. The third-order valence-electron chi connectivity index (χ3n) is 4.24. The molecule has 0 atom stereocenters. The average molecular weight is 265 g/mol. The Labute approximate surface area is 114 Å². The van der Waals surface area contributed by atoms with Gasteiger partial charge in [0.2, 0.25) is 0 Å². The maximum atomic E-state index is 4.47. The molecule has 2 aliphatic rings. The zero-order valence-electron chi connectivity index (χ0n) is 11.3. The van der Waals surface area contributed by atoms with Gasteiger partial charge in [0.15, 0.2) is 0 Å². The van der Waals surface area contributed by atoms with Crippen molar-refractivity contribution < 1.29 is 0 Å². The first-order chi connectivity index (χ1) is 8.81. The van der Waals surface area contributed by atoms with Crippen LogP contribution in [0.25, 0.3) is 0 Å². The second-order valence-corrected chi connectivity index (χ2v) is 6.93. The van der Waals surface area contributed by atoms with Crippen molar-refractivity contribution in [2.24, 2.45) is 0 Å². The lowest BCUT2D eigenvalue weighted by molar-refractivity contribution is 0.122. The van der Waals surface area contributed by atoms with Gasteiger partial charge in [-0.1, -0.05) is 0 Å². The Kier molecular flexibility index (Phi) is 3.97. The molecule has 18 heavy (non-hydrogen) atoms. The van der Waals surface area contributed by atoms with Crippen LogP contribution in [0.4, 0.5) is 0 Å². The summed E-state index contributed by atoms with van der Waals surface area (Å²) in [7, 11) is 0. The minimum atomic E-state index is 0.863. The molecule has 0 N–H and O–H groups in total. The number of aryl methyl sites for hydroxylation is 1. The van der Waals surface area contributed by atoms with Crippen LogP contribution >= 0.6 is 11.3 Å². The predicted octanol–water partition coefficient (Wildman–Crippen LogP) is 2.51. The number of hydrogen-bond acceptors (Lipinski definition) is 4. The molecule has 2 fully saturated rings. The van der Waals surface area contributed by atoms with Crippen LogP contribution in [0.5, 0.6) is 0 Å². The summed E-state index contributed by atoms with van der Waals surface area (Å²) in [5, 5.41) is 1.28. The molecular formula is C14H23N3S. The standard InChI is InChI=1S/C14H23N3S/c1-12-10-15-14(18-12)11-16-8-4-13(5-9-16)17-6-2-3-7-17/h10,13H,2-9,11H2,1H3. The first-order valence-corrected chi connectivity index (χ1v) is 8.00. The zero-order valence-corrected chi connectivity index (χ0v) is 12.1. The van der Waals surface area contributed by atoms with E-state index in [9.17, 15) is 0 Å². The smallest absolute Gasteiger partial charge is 0.107 e. The van der Waals surface area contributed by atoms with Gasteiger partial charge in [-0.25, -0.2) is 4.98 Å². The summed E-state index contributed by atoms with van der Waals surface area (Å²) in [6.45, 7) is 8.39. The Hall–Kier alpha value is -0.450. The lowest BCUT2D eigenvalue weighted by Crippen LogP contribution is -2.43. The molecule has 0 unspecified atom stereocenters. The fourth-order valence-corrected chi connectivity index (χ4v) is 4.04. The van der Waals surface area contributed by atoms with Crippen LogP contribution in [-0.2, 0) is 6.54 Å². The van der Waals surface area contributed by atoms with Gasteiger partial charge in [-0.2, -0.15) is 0 Å². The van der Waals surface area contributed by atoms with Crippen LogP contribution < -0.4 is 0 Å². The molecule has 4 heteroatoms. The Balaban J connectivity index is 1.47. The third-order valence-corrected chi connectivity index (χ3v) is 5.14. The number of aromatic nitrogens is 1. The van der Waals surface area contributed by atoms with Crippen molar-refractivity contribution in [2.45, 2.75) is 45.2 Å². The van der Waals surface area contributed by atoms with E-state index in [1.807, 2.05) is 17.5 Å². The average Bonchev–Trinajstić information content (AvgIpc) is 3.02. The molecule has 0 bridgehead atoms. The van der Waals surface area contributed by atoms with Crippen molar-refractivity contribution in [3.8, 4) is 0 Å². The summed E-state index contributed by atoms with van der Waals surface area (Å²) in [4.78, 5) is 11.1. The van der Waals surface area contributed by atoms with E-state index >= 15 is 0 Å². The molecule has 1 aromatic rings. The quantitative estimate of drug-likeness (QED) is 0.837. The van der Waals surface area contributed by atoms with Crippen molar-refractivity contribution >= 4 is 11.3 Å². The van der Waals surface area contributed by atoms with E-state index in [1.165, 1.54) is 61.7 Å². The van der Waals surface area contributed by atoms with Gasteiger partial charge in [-0.3, -0.25) is 4.90 Å². The highest BCUT2D eigenvalue weighted by Gasteiger charge is 2.26. The molecule has 0 amide bonds.